The van der Waals surface area contributed by atoms with E-state index < -0.39 is 0 Å². The molecule has 1 aliphatic rings. The van der Waals surface area contributed by atoms with E-state index in [1.165, 1.54) is 12.8 Å². The Morgan fingerprint density at radius 1 is 1.67 bits per heavy atom. The quantitative estimate of drug-likeness (QED) is 0.868. The number of nitrogens with one attached hydrogen (secondary N) is 1. The maximum absolute atomic E-state index is 4.28. The highest BCUT2D eigenvalue weighted by atomic mass is 79.9. The van der Waals surface area contributed by atoms with Gasteiger partial charge in [0.2, 0.25) is 0 Å². The number of hydrogen-bond acceptors (Lipinski definition) is 3. The van der Waals surface area contributed by atoms with Crippen LogP contribution in [0.1, 0.15) is 19.8 Å². The average molecular weight is 247 g/mol. The molecule has 12 heavy (non-hydrogen) atoms. The molecule has 66 valence electrons. The highest BCUT2D eigenvalue weighted by Crippen LogP contribution is 2.30. The Balaban J connectivity index is 1.88. The van der Waals surface area contributed by atoms with Crippen molar-refractivity contribution in [2.45, 2.75) is 25.8 Å². The molecule has 1 aromatic heterocycles. The summed E-state index contributed by atoms with van der Waals surface area (Å²) in [5.41, 5.74) is 0. The second-order valence-electron chi connectivity index (χ2n) is 3.39. The fraction of sp³-hybridized carbons (Fsp3) is 0.625. The molecule has 0 bridgehead atoms. The van der Waals surface area contributed by atoms with Gasteiger partial charge < -0.3 is 5.32 Å². The van der Waals surface area contributed by atoms with Gasteiger partial charge in [0, 0.05) is 11.4 Å². The molecule has 1 saturated carbocycles. The Morgan fingerprint density at radius 3 is 2.92 bits per heavy atom. The molecule has 0 spiro atoms. The monoisotopic (exact) mass is 246 g/mol. The fourth-order valence-corrected chi connectivity index (χ4v) is 2.74. The Hall–Kier alpha value is -0.0900. The van der Waals surface area contributed by atoms with Gasteiger partial charge >= 0.3 is 0 Å². The minimum atomic E-state index is 0.665. The van der Waals surface area contributed by atoms with Crippen molar-refractivity contribution in [3.63, 3.8) is 0 Å². The lowest BCUT2D eigenvalue weighted by Gasteiger charge is -2.32. The molecule has 1 aliphatic carbocycles. The Bertz CT molecular complexity index is 268. The van der Waals surface area contributed by atoms with Gasteiger partial charge in [0.15, 0.2) is 5.13 Å². The molecule has 0 unspecified atom stereocenters. The van der Waals surface area contributed by atoms with E-state index in [4.69, 9.17) is 0 Å². The molecule has 0 amide bonds. The number of rotatable bonds is 2. The van der Waals surface area contributed by atoms with Crippen LogP contribution in [0.2, 0.25) is 0 Å². The minimum absolute atomic E-state index is 0.665. The number of aromatic nitrogens is 1. The second kappa shape index (κ2) is 3.34. The van der Waals surface area contributed by atoms with Crippen LogP contribution in [0.15, 0.2) is 9.98 Å². The van der Waals surface area contributed by atoms with Gasteiger partial charge in [-0.05, 0) is 34.7 Å². The van der Waals surface area contributed by atoms with Crippen LogP contribution in [0.3, 0.4) is 0 Å². The lowest BCUT2D eigenvalue weighted by molar-refractivity contribution is 0.309. The summed E-state index contributed by atoms with van der Waals surface area (Å²) < 4.78 is 0.933. The average Bonchev–Trinajstić information content (AvgIpc) is 2.33. The maximum atomic E-state index is 4.28. The van der Waals surface area contributed by atoms with E-state index in [-0.39, 0.29) is 0 Å². The van der Waals surface area contributed by atoms with Crippen LogP contribution in [0.25, 0.3) is 0 Å². The van der Waals surface area contributed by atoms with Crippen LogP contribution in [0.4, 0.5) is 5.13 Å². The van der Waals surface area contributed by atoms with Gasteiger partial charge in [-0.1, -0.05) is 6.92 Å². The molecule has 0 radical (unpaired) electrons. The zero-order valence-electron chi connectivity index (χ0n) is 6.88. The van der Waals surface area contributed by atoms with Crippen LogP contribution in [-0.2, 0) is 0 Å². The Kier molecular flexibility index (Phi) is 2.37. The molecule has 4 heteroatoms. The van der Waals surface area contributed by atoms with Gasteiger partial charge in [-0.2, -0.15) is 0 Å². The van der Waals surface area contributed by atoms with Gasteiger partial charge in [-0.3, -0.25) is 0 Å². The fourth-order valence-electron chi connectivity index (χ4n) is 1.52. The van der Waals surface area contributed by atoms with Crippen molar-refractivity contribution in [1.29, 1.82) is 0 Å². The van der Waals surface area contributed by atoms with E-state index >= 15 is 0 Å². The third-order valence-corrected chi connectivity index (χ3v) is 3.66. The summed E-state index contributed by atoms with van der Waals surface area (Å²) in [7, 11) is 0. The summed E-state index contributed by atoms with van der Waals surface area (Å²) in [6.07, 6.45) is 2.58. The molecular formula is C8H11BrN2S. The van der Waals surface area contributed by atoms with Crippen LogP contribution < -0.4 is 5.32 Å². The molecule has 2 nitrogen and oxygen atoms in total. The molecule has 0 aromatic carbocycles. The predicted octanol–water partition coefficient (Wildman–Crippen LogP) is 3.12. The molecule has 1 fully saturated rings. The number of anilines is 1. The third kappa shape index (κ3) is 1.80. The van der Waals surface area contributed by atoms with E-state index in [2.05, 4.69) is 33.2 Å². The van der Waals surface area contributed by atoms with Crippen molar-refractivity contribution in [2.24, 2.45) is 5.92 Å². The van der Waals surface area contributed by atoms with Crippen molar-refractivity contribution >= 4 is 32.4 Å². The smallest absolute Gasteiger partial charge is 0.183 e. The van der Waals surface area contributed by atoms with E-state index in [0.717, 1.165) is 15.7 Å². The maximum Gasteiger partial charge on any atom is 0.183 e. The summed E-state index contributed by atoms with van der Waals surface area (Å²) in [6.45, 7) is 2.29. The molecule has 1 aromatic rings. The van der Waals surface area contributed by atoms with E-state index in [0.29, 0.717) is 6.04 Å². The summed E-state index contributed by atoms with van der Waals surface area (Å²) in [6, 6.07) is 0.665. The highest BCUT2D eigenvalue weighted by molar-refractivity contribution is 9.10. The molecule has 0 atom stereocenters. The first-order valence-corrected chi connectivity index (χ1v) is 5.79. The summed E-state index contributed by atoms with van der Waals surface area (Å²) in [4.78, 5) is 4.28. The SMILES string of the molecule is CC1CC(Nc2nc(Br)cs2)C1. The van der Waals surface area contributed by atoms with Crippen LogP contribution in [0, 0.1) is 5.92 Å². The Labute approximate surface area is 84.5 Å². The summed E-state index contributed by atoms with van der Waals surface area (Å²) >= 11 is 4.99. The van der Waals surface area contributed by atoms with Gasteiger partial charge in [-0.25, -0.2) is 4.98 Å². The van der Waals surface area contributed by atoms with Crippen molar-refractivity contribution in [1.82, 2.24) is 4.98 Å². The number of thiazole rings is 1. The molecular weight excluding hydrogens is 236 g/mol. The lowest BCUT2D eigenvalue weighted by Crippen LogP contribution is -2.33. The van der Waals surface area contributed by atoms with Crippen LogP contribution >= 0.6 is 27.3 Å². The van der Waals surface area contributed by atoms with Gasteiger partial charge in [0.1, 0.15) is 4.60 Å². The van der Waals surface area contributed by atoms with Gasteiger partial charge in [-0.15, -0.1) is 11.3 Å². The van der Waals surface area contributed by atoms with Gasteiger partial charge in [0.25, 0.3) is 0 Å². The second-order valence-corrected chi connectivity index (χ2v) is 5.06. The zero-order chi connectivity index (χ0) is 8.55. The normalized spacial score (nSPS) is 28.2. The number of halogens is 1. The minimum Gasteiger partial charge on any atom is -0.359 e. The lowest BCUT2D eigenvalue weighted by atomic mass is 9.82. The summed E-state index contributed by atoms with van der Waals surface area (Å²) in [5.74, 6) is 0.894. The van der Waals surface area contributed by atoms with E-state index in [1.807, 2.05) is 5.38 Å². The molecule has 1 heterocycles. The third-order valence-electron chi connectivity index (χ3n) is 2.18. The first-order valence-electron chi connectivity index (χ1n) is 4.11. The Morgan fingerprint density at radius 2 is 2.42 bits per heavy atom. The zero-order valence-corrected chi connectivity index (χ0v) is 9.28. The molecule has 2 rings (SSSR count). The largest absolute Gasteiger partial charge is 0.359 e. The van der Waals surface area contributed by atoms with Crippen molar-refractivity contribution in [2.75, 3.05) is 5.32 Å². The predicted molar refractivity (Wildman–Crippen MR) is 55.6 cm³/mol. The molecule has 0 saturated heterocycles. The van der Waals surface area contributed by atoms with Crippen molar-refractivity contribution in [3.8, 4) is 0 Å². The topological polar surface area (TPSA) is 24.9 Å². The molecule has 1 N–H and O–H groups in total. The number of nitrogens with zero attached hydrogens (tertiary/aromatic N) is 1. The first kappa shape index (κ1) is 8.51. The van der Waals surface area contributed by atoms with E-state index in [9.17, 15) is 0 Å². The van der Waals surface area contributed by atoms with Crippen molar-refractivity contribution in [3.05, 3.63) is 9.98 Å². The highest BCUT2D eigenvalue weighted by Gasteiger charge is 2.25. The first-order chi connectivity index (χ1) is 5.74. The number of hydrogen-bond donors (Lipinski definition) is 1. The standard InChI is InChI=1S/C8H11BrN2S/c1-5-2-6(3-5)10-8-11-7(9)4-12-8/h4-6H,2-3H2,1H3,(H,10,11). The summed E-state index contributed by atoms with van der Waals surface area (Å²) in [5, 5.41) is 6.45. The molecule has 0 aliphatic heterocycles. The van der Waals surface area contributed by atoms with Crippen molar-refractivity contribution < 1.29 is 0 Å². The van der Waals surface area contributed by atoms with Crippen LogP contribution in [-0.4, -0.2) is 11.0 Å². The van der Waals surface area contributed by atoms with E-state index in [1.54, 1.807) is 11.3 Å². The van der Waals surface area contributed by atoms with Crippen LogP contribution in [0.5, 0.6) is 0 Å². The van der Waals surface area contributed by atoms with Gasteiger partial charge in [0.05, 0.1) is 0 Å².